The molecule has 0 spiro atoms. The molecule has 0 aromatic heterocycles. The van der Waals surface area contributed by atoms with Crippen LogP contribution in [0.1, 0.15) is 13.8 Å². The molecule has 1 saturated heterocycles. The minimum absolute atomic E-state index is 0.284. The molecule has 0 bridgehead atoms. The molecule has 0 aliphatic carbocycles. The summed E-state index contributed by atoms with van der Waals surface area (Å²) in [6, 6.07) is 0. The van der Waals surface area contributed by atoms with E-state index in [4.69, 9.17) is 4.74 Å². The van der Waals surface area contributed by atoms with E-state index in [9.17, 15) is 0 Å². The molecule has 0 amide bonds. The maximum atomic E-state index is 5.57. The molecule has 1 aliphatic heterocycles. The van der Waals surface area contributed by atoms with E-state index in [2.05, 4.69) is 25.0 Å². The van der Waals surface area contributed by atoms with Gasteiger partial charge in [-0.25, -0.2) is 0 Å². The van der Waals surface area contributed by atoms with Crippen LogP contribution in [0, 0.1) is 0 Å². The lowest BCUT2D eigenvalue weighted by Gasteiger charge is -2.26. The monoisotopic (exact) mass is 160 g/mol. The summed E-state index contributed by atoms with van der Waals surface area (Å²) >= 11 is 1.57. The summed E-state index contributed by atoms with van der Waals surface area (Å²) in [5.41, 5.74) is 0. The molecule has 1 rings (SSSR count). The minimum Gasteiger partial charge on any atom is -0.367 e. The number of hydrogen-bond acceptors (Lipinski definition) is 2. The van der Waals surface area contributed by atoms with Gasteiger partial charge in [0.05, 0.1) is 6.10 Å². The van der Waals surface area contributed by atoms with E-state index in [0.717, 1.165) is 6.54 Å². The summed E-state index contributed by atoms with van der Waals surface area (Å²) in [6.07, 6.45) is 0.629. The second-order valence-corrected chi connectivity index (χ2v) is 3.49. The Morgan fingerprint density at radius 1 is 1.60 bits per heavy atom. The Kier molecular flexibility index (Phi) is 2.77. The molecule has 1 aliphatic rings. The van der Waals surface area contributed by atoms with Gasteiger partial charge in [-0.05, 0) is 13.8 Å². The van der Waals surface area contributed by atoms with Gasteiger partial charge in [0.25, 0.3) is 5.37 Å². The number of hydrogen-bond donors (Lipinski definition) is 1. The topological polar surface area (TPSA) is 21.3 Å². The predicted octanol–water partition coefficient (Wildman–Crippen LogP) is 0.224. The first-order valence-electron chi connectivity index (χ1n) is 3.53. The average molecular weight is 160 g/mol. The molecule has 0 aromatic rings. The summed E-state index contributed by atoms with van der Waals surface area (Å²) in [5.74, 6) is 3.76. The highest BCUT2D eigenvalue weighted by Crippen LogP contribution is 2.07. The smallest absolute Gasteiger partial charge is 0.262 e. The Labute approximate surface area is 65.9 Å². The molecule has 0 aromatic carbocycles. The van der Waals surface area contributed by atoms with Crippen molar-refractivity contribution in [1.29, 1.82) is 0 Å². The summed E-state index contributed by atoms with van der Waals surface area (Å²) in [5, 5.41) is 3.72. The molecule has 3 heteroatoms. The number of ether oxygens (including phenoxy) is 1. The van der Waals surface area contributed by atoms with Gasteiger partial charge in [0, 0.05) is 6.54 Å². The van der Waals surface area contributed by atoms with Crippen molar-refractivity contribution in [3.63, 3.8) is 0 Å². The van der Waals surface area contributed by atoms with Crippen LogP contribution in [-0.4, -0.2) is 30.0 Å². The molecule has 10 heavy (non-hydrogen) atoms. The Balaban J connectivity index is 2.43. The summed E-state index contributed by atoms with van der Waals surface area (Å²) in [7, 11) is 0. The van der Waals surface area contributed by atoms with Gasteiger partial charge in [0.1, 0.15) is 6.10 Å². The van der Waals surface area contributed by atoms with E-state index in [1.807, 2.05) is 0 Å². The highest BCUT2D eigenvalue weighted by atomic mass is 32.1. The quantitative estimate of drug-likeness (QED) is 0.438. The highest BCUT2D eigenvalue weighted by Gasteiger charge is 2.30. The number of nitrogens with one attached hydrogen (secondary N) is 1. The van der Waals surface area contributed by atoms with Gasteiger partial charge in [0.15, 0.2) is 17.2 Å². The van der Waals surface area contributed by atoms with Crippen LogP contribution in [0.3, 0.4) is 0 Å². The van der Waals surface area contributed by atoms with Crippen molar-refractivity contribution in [3.8, 4) is 0 Å². The molecule has 1 fully saturated rings. The first-order chi connectivity index (χ1) is 4.74. The van der Waals surface area contributed by atoms with Gasteiger partial charge in [-0.3, -0.25) is 5.32 Å². The van der Waals surface area contributed by atoms with E-state index in [-0.39, 0.29) is 6.10 Å². The van der Waals surface area contributed by atoms with E-state index >= 15 is 0 Å². The van der Waals surface area contributed by atoms with E-state index in [1.54, 1.807) is 11.4 Å². The van der Waals surface area contributed by atoms with Gasteiger partial charge in [-0.2, -0.15) is 0 Å². The van der Waals surface area contributed by atoms with Crippen molar-refractivity contribution in [1.82, 2.24) is 5.32 Å². The predicted molar refractivity (Wildman–Crippen MR) is 46.3 cm³/mol. The third kappa shape index (κ3) is 1.75. The van der Waals surface area contributed by atoms with Crippen molar-refractivity contribution < 1.29 is 4.74 Å². The van der Waals surface area contributed by atoms with Gasteiger partial charge < -0.3 is 4.74 Å². The first kappa shape index (κ1) is 8.11. The van der Waals surface area contributed by atoms with Crippen molar-refractivity contribution >= 4 is 17.2 Å². The Morgan fingerprint density at radius 3 is 2.80 bits per heavy atom. The third-order valence-electron chi connectivity index (χ3n) is 1.66. The van der Waals surface area contributed by atoms with Gasteiger partial charge in [-0.15, -0.1) is 0 Å². The molecule has 0 radical (unpaired) electrons. The lowest BCUT2D eigenvalue weighted by Crippen LogP contribution is -2.49. The van der Waals surface area contributed by atoms with Crippen LogP contribution < -0.4 is 5.32 Å². The average Bonchev–Trinajstić information content (AvgIpc) is 1.88. The lowest BCUT2D eigenvalue weighted by molar-refractivity contribution is -0.0243. The Bertz CT molecular complexity index is 129. The molecule has 1 heterocycles. The fourth-order valence-corrected chi connectivity index (χ4v) is 1.68. The van der Waals surface area contributed by atoms with E-state index in [1.165, 1.54) is 0 Å². The fraction of sp³-hybridized carbons (Fsp3) is 0.857. The first-order valence-corrected chi connectivity index (χ1v) is 4.58. The SMILES string of the molecule is C=[S+]C1NCC(C)O[C@@H]1C. The molecular weight excluding hydrogens is 146 g/mol. The highest BCUT2D eigenvalue weighted by molar-refractivity contribution is 7.76. The van der Waals surface area contributed by atoms with E-state index < -0.39 is 0 Å². The van der Waals surface area contributed by atoms with Crippen molar-refractivity contribution in [2.45, 2.75) is 31.4 Å². The Morgan fingerprint density at radius 2 is 2.30 bits per heavy atom. The van der Waals surface area contributed by atoms with E-state index in [0.29, 0.717) is 11.5 Å². The van der Waals surface area contributed by atoms with Crippen LogP contribution in [0.4, 0.5) is 0 Å². The van der Waals surface area contributed by atoms with Gasteiger partial charge in [0.2, 0.25) is 0 Å². The molecular formula is C7H14NOS+. The van der Waals surface area contributed by atoms with Crippen LogP contribution in [0.25, 0.3) is 0 Å². The fourth-order valence-electron chi connectivity index (χ4n) is 1.13. The van der Waals surface area contributed by atoms with Crippen LogP contribution in [-0.2, 0) is 16.1 Å². The largest absolute Gasteiger partial charge is 0.367 e. The zero-order valence-electron chi connectivity index (χ0n) is 6.46. The Hall–Kier alpha value is 0.0100. The van der Waals surface area contributed by atoms with Crippen LogP contribution in [0.5, 0.6) is 0 Å². The summed E-state index contributed by atoms with van der Waals surface area (Å²) < 4.78 is 5.57. The normalized spacial score (nSPS) is 41.2. The van der Waals surface area contributed by atoms with Crippen molar-refractivity contribution in [2.24, 2.45) is 0 Å². The van der Waals surface area contributed by atoms with Crippen molar-refractivity contribution in [2.75, 3.05) is 6.54 Å². The number of rotatable bonds is 1. The van der Waals surface area contributed by atoms with Gasteiger partial charge in [-0.1, -0.05) is 0 Å². The molecule has 2 unspecified atom stereocenters. The molecule has 3 atom stereocenters. The molecule has 0 saturated carbocycles. The van der Waals surface area contributed by atoms with Crippen LogP contribution in [0.15, 0.2) is 0 Å². The summed E-state index contributed by atoms with van der Waals surface area (Å²) in [4.78, 5) is 0. The zero-order valence-corrected chi connectivity index (χ0v) is 7.28. The molecule has 1 N–H and O–H groups in total. The second kappa shape index (κ2) is 3.42. The summed E-state index contributed by atoms with van der Waals surface area (Å²) in [6.45, 7) is 5.09. The van der Waals surface area contributed by atoms with Crippen LogP contribution in [0.2, 0.25) is 0 Å². The maximum absolute atomic E-state index is 5.57. The van der Waals surface area contributed by atoms with Crippen LogP contribution >= 0.6 is 0 Å². The molecule has 2 nitrogen and oxygen atoms in total. The minimum atomic E-state index is 0.284. The third-order valence-corrected chi connectivity index (χ3v) is 2.57. The van der Waals surface area contributed by atoms with Gasteiger partial charge >= 0.3 is 0 Å². The van der Waals surface area contributed by atoms with Crippen molar-refractivity contribution in [3.05, 3.63) is 0 Å². The maximum Gasteiger partial charge on any atom is 0.262 e. The molecule has 58 valence electrons. The second-order valence-electron chi connectivity index (χ2n) is 2.65. The standard InChI is InChI=1S/C7H14NOS/c1-5-4-8-7(10-3)6(2)9-5/h5-8H,3-4H2,1-2H3/q+1/t5?,6-,7?/m1/s1. The zero-order chi connectivity index (χ0) is 7.56. The number of morpholine rings is 1. The lowest BCUT2D eigenvalue weighted by atomic mass is 10.3.